The van der Waals surface area contributed by atoms with Crippen LogP contribution in [0.4, 0.5) is 5.82 Å². The standard InChI is InChI=1S/C23H21N3OS2/c1-17(2)29(27,19-12-7-4-8-13-19)26-23-20(14-9-15-24-23)22-21(25-16-28-22)18-10-5-3-6-11-18/h3-17H,1-2H3. The van der Waals surface area contributed by atoms with Crippen LogP contribution in [-0.2, 0) is 9.73 Å². The number of pyridine rings is 1. The fraction of sp³-hybridized carbons (Fsp3) is 0.130. The van der Waals surface area contributed by atoms with E-state index in [4.69, 9.17) is 4.36 Å². The highest BCUT2D eigenvalue weighted by Crippen LogP contribution is 2.39. The Morgan fingerprint density at radius 3 is 2.28 bits per heavy atom. The summed E-state index contributed by atoms with van der Waals surface area (Å²) in [6.45, 7) is 3.87. The molecule has 0 spiro atoms. The molecule has 0 aliphatic rings. The van der Waals surface area contributed by atoms with E-state index >= 15 is 0 Å². The Bertz CT molecular complexity index is 1230. The molecule has 0 bridgehead atoms. The summed E-state index contributed by atoms with van der Waals surface area (Å²) in [7, 11) is -2.68. The first-order chi connectivity index (χ1) is 14.1. The van der Waals surface area contributed by atoms with Gasteiger partial charge in [0.1, 0.15) is 0 Å². The molecule has 1 unspecified atom stereocenters. The molecule has 0 saturated heterocycles. The fourth-order valence-corrected chi connectivity index (χ4v) is 5.70. The first-order valence-electron chi connectivity index (χ1n) is 9.35. The van der Waals surface area contributed by atoms with Crippen LogP contribution in [0.1, 0.15) is 13.8 Å². The summed E-state index contributed by atoms with van der Waals surface area (Å²) < 4.78 is 18.7. The van der Waals surface area contributed by atoms with Crippen molar-refractivity contribution in [3.8, 4) is 21.7 Å². The van der Waals surface area contributed by atoms with Crippen LogP contribution in [0.3, 0.4) is 0 Å². The molecule has 29 heavy (non-hydrogen) atoms. The average molecular weight is 420 g/mol. The topological polar surface area (TPSA) is 55.2 Å². The van der Waals surface area contributed by atoms with E-state index in [1.54, 1.807) is 6.20 Å². The summed E-state index contributed by atoms with van der Waals surface area (Å²) >= 11 is 1.54. The number of rotatable bonds is 5. The molecule has 0 saturated carbocycles. The van der Waals surface area contributed by atoms with E-state index in [1.165, 1.54) is 11.3 Å². The smallest absolute Gasteiger partial charge is 0.170 e. The van der Waals surface area contributed by atoms with Crippen molar-refractivity contribution in [3.63, 3.8) is 0 Å². The first kappa shape index (κ1) is 19.5. The average Bonchev–Trinajstić information content (AvgIpc) is 3.25. The molecule has 0 amide bonds. The lowest BCUT2D eigenvalue weighted by molar-refractivity contribution is 0.669. The SMILES string of the molecule is CC(C)S(=O)(=Nc1ncccc1-c1scnc1-c1ccccc1)c1ccccc1. The Labute approximate surface area is 175 Å². The van der Waals surface area contributed by atoms with Gasteiger partial charge in [0.05, 0.1) is 25.8 Å². The Kier molecular flexibility index (Phi) is 5.56. The van der Waals surface area contributed by atoms with Crippen molar-refractivity contribution in [1.82, 2.24) is 9.97 Å². The van der Waals surface area contributed by atoms with E-state index < -0.39 is 9.73 Å². The van der Waals surface area contributed by atoms with Crippen LogP contribution in [0, 0.1) is 0 Å². The van der Waals surface area contributed by atoms with E-state index in [-0.39, 0.29) is 5.25 Å². The van der Waals surface area contributed by atoms with Gasteiger partial charge >= 0.3 is 0 Å². The molecule has 1 atom stereocenters. The first-order valence-corrected chi connectivity index (χ1v) is 11.8. The van der Waals surface area contributed by atoms with Gasteiger partial charge in [-0.3, -0.25) is 0 Å². The molecular weight excluding hydrogens is 398 g/mol. The molecule has 0 fully saturated rings. The van der Waals surface area contributed by atoms with Gasteiger partial charge in [-0.1, -0.05) is 48.5 Å². The molecule has 6 heteroatoms. The van der Waals surface area contributed by atoms with Gasteiger partial charge in [-0.15, -0.1) is 11.3 Å². The van der Waals surface area contributed by atoms with E-state index in [9.17, 15) is 4.21 Å². The molecule has 2 aromatic carbocycles. The predicted octanol–water partition coefficient (Wildman–Crippen LogP) is 6.44. The molecule has 0 radical (unpaired) electrons. The van der Waals surface area contributed by atoms with E-state index in [0.717, 1.165) is 26.6 Å². The molecule has 2 aromatic heterocycles. The third-order valence-electron chi connectivity index (χ3n) is 4.59. The normalized spacial score (nSPS) is 13.2. The van der Waals surface area contributed by atoms with Crippen LogP contribution in [0.25, 0.3) is 21.7 Å². The van der Waals surface area contributed by atoms with Crippen molar-refractivity contribution in [2.75, 3.05) is 0 Å². The van der Waals surface area contributed by atoms with Crippen molar-refractivity contribution in [3.05, 3.63) is 84.5 Å². The Hall–Kier alpha value is -2.83. The van der Waals surface area contributed by atoms with Crippen LogP contribution in [0.5, 0.6) is 0 Å². The zero-order valence-corrected chi connectivity index (χ0v) is 17.9. The summed E-state index contributed by atoms with van der Waals surface area (Å²) in [5.74, 6) is 0.483. The lowest BCUT2D eigenvalue weighted by Gasteiger charge is -2.15. The summed E-state index contributed by atoms with van der Waals surface area (Å²) in [5, 5.41) is -0.158. The molecular formula is C23H21N3OS2. The fourth-order valence-electron chi connectivity index (χ4n) is 3.06. The summed E-state index contributed by atoms with van der Waals surface area (Å²) in [4.78, 5) is 10.8. The van der Waals surface area contributed by atoms with Crippen LogP contribution in [0.2, 0.25) is 0 Å². The zero-order valence-electron chi connectivity index (χ0n) is 16.2. The molecule has 146 valence electrons. The highest BCUT2D eigenvalue weighted by molar-refractivity contribution is 7.94. The highest BCUT2D eigenvalue weighted by Gasteiger charge is 2.21. The molecule has 4 rings (SSSR count). The second-order valence-electron chi connectivity index (χ2n) is 6.79. The molecule has 0 aliphatic carbocycles. The highest BCUT2D eigenvalue weighted by atomic mass is 32.2. The number of benzene rings is 2. The summed E-state index contributed by atoms with van der Waals surface area (Å²) in [6, 6.07) is 23.3. The maximum absolute atomic E-state index is 13.9. The second-order valence-corrected chi connectivity index (χ2v) is 10.4. The van der Waals surface area contributed by atoms with E-state index in [1.807, 2.05) is 92.2 Å². The molecule has 0 aliphatic heterocycles. The molecule has 2 heterocycles. The maximum atomic E-state index is 13.9. The van der Waals surface area contributed by atoms with Crippen LogP contribution >= 0.6 is 11.3 Å². The van der Waals surface area contributed by atoms with Gasteiger partial charge in [0.25, 0.3) is 0 Å². The minimum atomic E-state index is -2.68. The molecule has 4 nitrogen and oxygen atoms in total. The Morgan fingerprint density at radius 2 is 1.59 bits per heavy atom. The van der Waals surface area contributed by atoms with Gasteiger partial charge in [0, 0.05) is 27.5 Å². The van der Waals surface area contributed by atoms with Crippen LogP contribution in [0.15, 0.2) is 93.8 Å². The van der Waals surface area contributed by atoms with Crippen molar-refractivity contribution in [2.24, 2.45) is 4.36 Å². The van der Waals surface area contributed by atoms with Crippen LogP contribution < -0.4 is 0 Å². The quantitative estimate of drug-likeness (QED) is 0.374. The lowest BCUT2D eigenvalue weighted by Crippen LogP contribution is -2.13. The van der Waals surface area contributed by atoms with Gasteiger partial charge in [0.15, 0.2) is 5.82 Å². The molecule has 4 aromatic rings. The summed E-state index contributed by atoms with van der Waals surface area (Å²) in [6.07, 6.45) is 1.69. The Morgan fingerprint density at radius 1 is 0.897 bits per heavy atom. The second kappa shape index (κ2) is 8.27. The van der Waals surface area contributed by atoms with Gasteiger partial charge in [-0.05, 0) is 38.1 Å². The van der Waals surface area contributed by atoms with Crippen molar-refractivity contribution < 1.29 is 4.21 Å². The third kappa shape index (κ3) is 3.86. The number of hydrogen-bond acceptors (Lipinski definition) is 5. The van der Waals surface area contributed by atoms with Crippen LogP contribution in [-0.4, -0.2) is 19.4 Å². The number of nitrogens with zero attached hydrogens (tertiary/aromatic N) is 3. The van der Waals surface area contributed by atoms with Gasteiger partial charge < -0.3 is 0 Å². The predicted molar refractivity (Wildman–Crippen MR) is 121 cm³/mol. The number of thiazole rings is 1. The maximum Gasteiger partial charge on any atom is 0.170 e. The van der Waals surface area contributed by atoms with Crippen molar-refractivity contribution in [1.29, 1.82) is 0 Å². The van der Waals surface area contributed by atoms with Gasteiger partial charge in [0.2, 0.25) is 0 Å². The van der Waals surface area contributed by atoms with E-state index in [2.05, 4.69) is 9.97 Å². The minimum Gasteiger partial charge on any atom is -0.244 e. The zero-order chi connectivity index (χ0) is 20.3. The van der Waals surface area contributed by atoms with E-state index in [0.29, 0.717) is 5.82 Å². The third-order valence-corrected chi connectivity index (χ3v) is 8.12. The molecule has 0 N–H and O–H groups in total. The minimum absolute atomic E-state index is 0.158. The lowest BCUT2D eigenvalue weighted by atomic mass is 10.1. The van der Waals surface area contributed by atoms with Gasteiger partial charge in [-0.25, -0.2) is 14.2 Å². The van der Waals surface area contributed by atoms with Crippen molar-refractivity contribution in [2.45, 2.75) is 24.0 Å². The largest absolute Gasteiger partial charge is 0.244 e. The number of aromatic nitrogens is 2. The Balaban J connectivity index is 1.91. The summed E-state index contributed by atoms with van der Waals surface area (Å²) in [5.41, 5.74) is 4.59. The number of hydrogen-bond donors (Lipinski definition) is 0. The monoisotopic (exact) mass is 419 g/mol. The van der Waals surface area contributed by atoms with Crippen molar-refractivity contribution >= 4 is 26.9 Å². The van der Waals surface area contributed by atoms with Gasteiger partial charge in [-0.2, -0.15) is 4.36 Å².